The fourth-order valence-electron chi connectivity index (χ4n) is 1.05. The molecule has 0 saturated carbocycles. The van der Waals surface area contributed by atoms with Crippen LogP contribution in [0.15, 0.2) is 18.7 Å². The fourth-order valence-corrected chi connectivity index (χ4v) is 1.67. The Morgan fingerprint density at radius 3 is 2.21 bits per heavy atom. The van der Waals surface area contributed by atoms with Crippen molar-refractivity contribution >= 4 is 29.3 Å². The molecule has 0 N–H and O–H groups in total. The Labute approximate surface area is 88.9 Å². The number of alkyl halides is 3. The van der Waals surface area contributed by atoms with Gasteiger partial charge in [0.15, 0.2) is 0 Å². The van der Waals surface area contributed by atoms with Crippen LogP contribution in [0.1, 0.15) is 11.1 Å². The van der Waals surface area contributed by atoms with Crippen LogP contribution in [-0.2, 0) is 6.18 Å². The Bertz CT molecular complexity index is 369. The van der Waals surface area contributed by atoms with Crippen LogP contribution in [0.5, 0.6) is 0 Å². The first-order valence-corrected chi connectivity index (χ1v) is 4.30. The lowest BCUT2D eigenvalue weighted by Crippen LogP contribution is -2.08. The second-order valence-corrected chi connectivity index (χ2v) is 3.40. The van der Waals surface area contributed by atoms with Gasteiger partial charge in [0.1, 0.15) is 0 Å². The second-order valence-electron chi connectivity index (χ2n) is 2.55. The van der Waals surface area contributed by atoms with Gasteiger partial charge in [0.05, 0.1) is 10.6 Å². The summed E-state index contributed by atoms with van der Waals surface area (Å²) in [5.41, 5.74) is -1.02. The van der Waals surface area contributed by atoms with Gasteiger partial charge < -0.3 is 0 Å². The molecule has 0 aliphatic heterocycles. The molecule has 0 fully saturated rings. The molecular formula is C9H5Cl2F3. The summed E-state index contributed by atoms with van der Waals surface area (Å²) in [6.45, 7) is 3.27. The van der Waals surface area contributed by atoms with Gasteiger partial charge in [-0.3, -0.25) is 0 Å². The van der Waals surface area contributed by atoms with E-state index in [1.54, 1.807) is 0 Å². The predicted octanol–water partition coefficient (Wildman–Crippen LogP) is 4.66. The summed E-state index contributed by atoms with van der Waals surface area (Å²) in [6, 6.07) is 2.22. The molecule has 0 heterocycles. The third kappa shape index (κ3) is 2.22. The third-order valence-electron chi connectivity index (χ3n) is 1.59. The molecule has 0 saturated heterocycles. The summed E-state index contributed by atoms with van der Waals surface area (Å²) in [5, 5.41) is -0.266. The van der Waals surface area contributed by atoms with Gasteiger partial charge in [-0.1, -0.05) is 35.9 Å². The van der Waals surface area contributed by atoms with Crippen molar-refractivity contribution < 1.29 is 13.2 Å². The van der Waals surface area contributed by atoms with Crippen molar-refractivity contribution in [3.63, 3.8) is 0 Å². The smallest absolute Gasteiger partial charge is 0.166 e. The lowest BCUT2D eigenvalue weighted by atomic mass is 10.1. The van der Waals surface area contributed by atoms with E-state index in [1.165, 1.54) is 6.07 Å². The van der Waals surface area contributed by atoms with E-state index in [1.807, 2.05) is 0 Å². The number of rotatable bonds is 1. The van der Waals surface area contributed by atoms with Gasteiger partial charge in [0, 0.05) is 5.02 Å². The zero-order chi connectivity index (χ0) is 10.9. The van der Waals surface area contributed by atoms with Crippen LogP contribution in [0, 0.1) is 0 Å². The van der Waals surface area contributed by atoms with Crippen LogP contribution in [0.25, 0.3) is 6.08 Å². The van der Waals surface area contributed by atoms with Gasteiger partial charge in [-0.2, -0.15) is 13.2 Å². The van der Waals surface area contributed by atoms with E-state index in [0.717, 1.165) is 12.1 Å². The molecule has 0 aliphatic rings. The average molecular weight is 241 g/mol. The first kappa shape index (κ1) is 11.4. The molecule has 0 atom stereocenters. The lowest BCUT2D eigenvalue weighted by molar-refractivity contribution is -0.137. The standard InChI is InChI=1S/C9H5Cl2F3/c1-2-5-3-6(10)4-7(11)8(5)9(12,13)14/h2-4H,1H2. The molecule has 0 aliphatic carbocycles. The van der Waals surface area contributed by atoms with E-state index in [-0.39, 0.29) is 10.6 Å². The maximum Gasteiger partial charge on any atom is 0.418 e. The van der Waals surface area contributed by atoms with Crippen LogP contribution in [0.4, 0.5) is 13.2 Å². The molecule has 0 bridgehead atoms. The summed E-state index contributed by atoms with van der Waals surface area (Å²) < 4.78 is 37.4. The van der Waals surface area contributed by atoms with Crippen LogP contribution in [0.2, 0.25) is 10.0 Å². The fraction of sp³-hybridized carbons (Fsp3) is 0.111. The van der Waals surface area contributed by atoms with Crippen LogP contribution in [0.3, 0.4) is 0 Å². The quantitative estimate of drug-likeness (QED) is 0.670. The molecule has 0 nitrogen and oxygen atoms in total. The highest BCUT2D eigenvalue weighted by Gasteiger charge is 2.35. The third-order valence-corrected chi connectivity index (χ3v) is 2.11. The average Bonchev–Trinajstić information content (AvgIpc) is 1.99. The highest BCUT2D eigenvalue weighted by Crippen LogP contribution is 2.39. The molecule has 0 spiro atoms. The van der Waals surface area contributed by atoms with Crippen molar-refractivity contribution in [2.24, 2.45) is 0 Å². The molecular weight excluding hydrogens is 236 g/mol. The minimum Gasteiger partial charge on any atom is -0.166 e. The number of benzene rings is 1. The highest BCUT2D eigenvalue weighted by atomic mass is 35.5. The topological polar surface area (TPSA) is 0 Å². The van der Waals surface area contributed by atoms with Crippen molar-refractivity contribution in [2.75, 3.05) is 0 Å². The Morgan fingerprint density at radius 2 is 1.79 bits per heavy atom. The molecule has 0 radical (unpaired) electrons. The van der Waals surface area contributed by atoms with E-state index < -0.39 is 16.8 Å². The van der Waals surface area contributed by atoms with Crippen molar-refractivity contribution in [3.05, 3.63) is 39.9 Å². The Balaban J connectivity index is 3.48. The highest BCUT2D eigenvalue weighted by molar-refractivity contribution is 6.35. The zero-order valence-corrected chi connectivity index (χ0v) is 8.34. The van der Waals surface area contributed by atoms with Crippen LogP contribution in [-0.4, -0.2) is 0 Å². The van der Waals surface area contributed by atoms with Gasteiger partial charge in [-0.25, -0.2) is 0 Å². The number of hydrogen-bond acceptors (Lipinski definition) is 0. The summed E-state index contributed by atoms with van der Waals surface area (Å²) >= 11 is 11.0. The molecule has 14 heavy (non-hydrogen) atoms. The van der Waals surface area contributed by atoms with Crippen LogP contribution >= 0.6 is 23.2 Å². The Hall–Kier alpha value is -0.670. The van der Waals surface area contributed by atoms with E-state index in [2.05, 4.69) is 6.58 Å². The summed E-state index contributed by atoms with van der Waals surface area (Å²) in [7, 11) is 0. The maximum atomic E-state index is 12.5. The van der Waals surface area contributed by atoms with Gasteiger partial charge >= 0.3 is 6.18 Å². The summed E-state index contributed by atoms with van der Waals surface area (Å²) in [5.74, 6) is 0. The number of halogens is 5. The van der Waals surface area contributed by atoms with E-state index in [4.69, 9.17) is 23.2 Å². The van der Waals surface area contributed by atoms with Gasteiger partial charge in [-0.05, 0) is 17.7 Å². The van der Waals surface area contributed by atoms with Crippen molar-refractivity contribution in [1.29, 1.82) is 0 Å². The minimum atomic E-state index is -4.49. The second kappa shape index (κ2) is 3.83. The van der Waals surface area contributed by atoms with E-state index >= 15 is 0 Å². The minimum absolute atomic E-state index is 0.116. The molecule has 0 unspecified atom stereocenters. The molecule has 1 aromatic rings. The Kier molecular flexibility index (Phi) is 3.12. The summed E-state index contributed by atoms with van der Waals surface area (Å²) in [4.78, 5) is 0. The number of hydrogen-bond donors (Lipinski definition) is 0. The van der Waals surface area contributed by atoms with Gasteiger partial charge in [0.25, 0.3) is 0 Å². The lowest BCUT2D eigenvalue weighted by Gasteiger charge is -2.12. The van der Waals surface area contributed by atoms with Crippen molar-refractivity contribution in [2.45, 2.75) is 6.18 Å². The first-order valence-electron chi connectivity index (χ1n) is 3.55. The maximum absolute atomic E-state index is 12.5. The molecule has 1 aromatic carbocycles. The van der Waals surface area contributed by atoms with Gasteiger partial charge in [0.2, 0.25) is 0 Å². The van der Waals surface area contributed by atoms with Gasteiger partial charge in [-0.15, -0.1) is 0 Å². The normalized spacial score (nSPS) is 11.5. The monoisotopic (exact) mass is 240 g/mol. The van der Waals surface area contributed by atoms with E-state index in [9.17, 15) is 13.2 Å². The van der Waals surface area contributed by atoms with Crippen molar-refractivity contribution in [3.8, 4) is 0 Å². The predicted molar refractivity (Wildman–Crippen MR) is 51.6 cm³/mol. The Morgan fingerprint density at radius 1 is 1.21 bits per heavy atom. The van der Waals surface area contributed by atoms with Crippen molar-refractivity contribution in [1.82, 2.24) is 0 Å². The van der Waals surface area contributed by atoms with Crippen LogP contribution < -0.4 is 0 Å². The molecule has 5 heteroatoms. The molecule has 0 aromatic heterocycles. The largest absolute Gasteiger partial charge is 0.418 e. The molecule has 1 rings (SSSR count). The van der Waals surface area contributed by atoms with E-state index in [0.29, 0.717) is 0 Å². The molecule has 76 valence electrons. The summed E-state index contributed by atoms with van der Waals surface area (Å²) in [6.07, 6.45) is -3.42. The SMILES string of the molecule is C=Cc1cc(Cl)cc(Cl)c1C(F)(F)F. The zero-order valence-electron chi connectivity index (χ0n) is 6.83. The first-order chi connectivity index (χ1) is 6.36. The molecule has 0 amide bonds.